The van der Waals surface area contributed by atoms with Gasteiger partial charge >= 0.3 is 0 Å². The molecule has 5 heteroatoms. The fourth-order valence-electron chi connectivity index (χ4n) is 2.46. The Balaban J connectivity index is 2.09. The van der Waals surface area contributed by atoms with Crippen molar-refractivity contribution in [2.45, 2.75) is 32.7 Å². The molecule has 1 heterocycles. The molecule has 0 radical (unpaired) electrons. The summed E-state index contributed by atoms with van der Waals surface area (Å²) in [5.74, 6) is 1.73. The molecule has 1 saturated heterocycles. The Kier molecular flexibility index (Phi) is 5.66. The third-order valence-corrected chi connectivity index (χ3v) is 3.81. The zero-order valence-electron chi connectivity index (χ0n) is 13.7. The molecule has 0 atom stereocenters. The summed E-state index contributed by atoms with van der Waals surface area (Å²) in [4.78, 5) is 14.4. The second kappa shape index (κ2) is 7.49. The molecular formula is C17H26N2O3. The summed E-state index contributed by atoms with van der Waals surface area (Å²) >= 11 is 0. The molecule has 5 nitrogen and oxygen atoms in total. The van der Waals surface area contributed by atoms with Gasteiger partial charge in [0.25, 0.3) is 5.91 Å². The van der Waals surface area contributed by atoms with E-state index in [4.69, 9.17) is 15.2 Å². The predicted octanol–water partition coefficient (Wildman–Crippen LogP) is 2.29. The highest BCUT2D eigenvalue weighted by Crippen LogP contribution is 2.29. The van der Waals surface area contributed by atoms with E-state index in [0.717, 1.165) is 12.8 Å². The van der Waals surface area contributed by atoms with E-state index in [0.29, 0.717) is 42.7 Å². The first-order valence-corrected chi connectivity index (χ1v) is 7.87. The van der Waals surface area contributed by atoms with Gasteiger partial charge in [0.15, 0.2) is 11.5 Å². The Morgan fingerprint density at radius 2 is 2.00 bits per heavy atom. The van der Waals surface area contributed by atoms with Gasteiger partial charge in [-0.2, -0.15) is 0 Å². The molecule has 1 aromatic rings. The van der Waals surface area contributed by atoms with Crippen molar-refractivity contribution < 1.29 is 14.3 Å². The van der Waals surface area contributed by atoms with E-state index in [9.17, 15) is 4.79 Å². The minimum Gasteiger partial charge on any atom is -0.493 e. The first-order chi connectivity index (χ1) is 10.5. The van der Waals surface area contributed by atoms with Crippen molar-refractivity contribution in [1.29, 1.82) is 0 Å². The lowest BCUT2D eigenvalue weighted by atomic mass is 10.0. The molecule has 1 aromatic carbocycles. The number of piperidine rings is 1. The van der Waals surface area contributed by atoms with Crippen LogP contribution in [-0.4, -0.2) is 43.7 Å². The van der Waals surface area contributed by atoms with E-state index in [1.807, 2.05) is 11.0 Å². The van der Waals surface area contributed by atoms with Crippen LogP contribution in [0.25, 0.3) is 0 Å². The molecule has 2 N–H and O–H groups in total. The quantitative estimate of drug-likeness (QED) is 0.906. The van der Waals surface area contributed by atoms with Gasteiger partial charge < -0.3 is 20.1 Å². The Morgan fingerprint density at radius 3 is 2.59 bits per heavy atom. The van der Waals surface area contributed by atoms with Crippen LogP contribution in [0, 0.1) is 5.92 Å². The molecule has 122 valence electrons. The molecule has 0 unspecified atom stereocenters. The number of carbonyl (C=O) groups is 1. The number of hydrogen-bond acceptors (Lipinski definition) is 4. The highest BCUT2D eigenvalue weighted by Gasteiger charge is 2.22. The summed E-state index contributed by atoms with van der Waals surface area (Å²) in [6.07, 6.45) is 1.72. The summed E-state index contributed by atoms with van der Waals surface area (Å²) in [7, 11) is 1.59. The standard InChI is InChI=1S/C17H26N2O3/c1-12(2)11-22-15-5-4-13(10-16(15)21-3)17(20)19-8-6-14(18)7-9-19/h4-5,10,12,14H,6-9,11,18H2,1-3H3. The van der Waals surface area contributed by atoms with Crippen molar-refractivity contribution >= 4 is 5.91 Å². The molecular weight excluding hydrogens is 280 g/mol. The number of nitrogens with zero attached hydrogens (tertiary/aromatic N) is 1. The monoisotopic (exact) mass is 306 g/mol. The van der Waals surface area contributed by atoms with E-state index < -0.39 is 0 Å². The number of nitrogens with two attached hydrogens (primary N) is 1. The summed E-state index contributed by atoms with van der Waals surface area (Å²) < 4.78 is 11.1. The second-order valence-electron chi connectivity index (χ2n) is 6.20. The SMILES string of the molecule is COc1cc(C(=O)N2CCC(N)CC2)ccc1OCC(C)C. The van der Waals surface area contributed by atoms with Crippen molar-refractivity contribution in [3.05, 3.63) is 23.8 Å². The van der Waals surface area contributed by atoms with Crippen LogP contribution in [-0.2, 0) is 0 Å². The molecule has 1 aliphatic rings. The smallest absolute Gasteiger partial charge is 0.253 e. The molecule has 1 aliphatic heterocycles. The molecule has 0 aromatic heterocycles. The number of likely N-dealkylation sites (tertiary alicyclic amines) is 1. The van der Waals surface area contributed by atoms with Gasteiger partial charge in [-0.15, -0.1) is 0 Å². The zero-order chi connectivity index (χ0) is 16.1. The van der Waals surface area contributed by atoms with Crippen LogP contribution in [0.4, 0.5) is 0 Å². The Labute approximate surface area is 132 Å². The van der Waals surface area contributed by atoms with Gasteiger partial charge in [-0.25, -0.2) is 0 Å². The number of ether oxygens (including phenoxy) is 2. The molecule has 1 amide bonds. The molecule has 1 fully saturated rings. The summed E-state index contributed by atoms with van der Waals surface area (Å²) in [5, 5.41) is 0. The third-order valence-electron chi connectivity index (χ3n) is 3.81. The summed E-state index contributed by atoms with van der Waals surface area (Å²) in [6.45, 7) is 6.23. The lowest BCUT2D eigenvalue weighted by Gasteiger charge is -2.30. The van der Waals surface area contributed by atoms with Crippen molar-refractivity contribution in [1.82, 2.24) is 4.90 Å². The molecule has 22 heavy (non-hydrogen) atoms. The maximum absolute atomic E-state index is 12.5. The first-order valence-electron chi connectivity index (χ1n) is 7.87. The van der Waals surface area contributed by atoms with E-state index in [-0.39, 0.29) is 11.9 Å². The molecule has 2 rings (SSSR count). The van der Waals surface area contributed by atoms with Gasteiger partial charge in [0, 0.05) is 24.7 Å². The predicted molar refractivity (Wildman–Crippen MR) is 86.4 cm³/mol. The third kappa shape index (κ3) is 4.13. The second-order valence-corrected chi connectivity index (χ2v) is 6.20. The first kappa shape index (κ1) is 16.6. The lowest BCUT2D eigenvalue weighted by Crippen LogP contribution is -2.42. The highest BCUT2D eigenvalue weighted by atomic mass is 16.5. The zero-order valence-corrected chi connectivity index (χ0v) is 13.7. The summed E-state index contributed by atoms with van der Waals surface area (Å²) in [5.41, 5.74) is 6.51. The van der Waals surface area contributed by atoms with Gasteiger partial charge in [0.1, 0.15) is 0 Å². The Morgan fingerprint density at radius 1 is 1.32 bits per heavy atom. The van der Waals surface area contributed by atoms with Crippen molar-refractivity contribution in [3.63, 3.8) is 0 Å². The number of amides is 1. The fraction of sp³-hybridized carbons (Fsp3) is 0.588. The normalized spacial score (nSPS) is 16.0. The van der Waals surface area contributed by atoms with E-state index in [1.165, 1.54) is 0 Å². The number of benzene rings is 1. The van der Waals surface area contributed by atoms with E-state index in [1.54, 1.807) is 19.2 Å². The number of methoxy groups -OCH3 is 1. The topological polar surface area (TPSA) is 64.8 Å². The fourth-order valence-corrected chi connectivity index (χ4v) is 2.46. The lowest BCUT2D eigenvalue weighted by molar-refractivity contribution is 0.0714. The Hall–Kier alpha value is -1.75. The van der Waals surface area contributed by atoms with Crippen LogP contribution < -0.4 is 15.2 Å². The average molecular weight is 306 g/mol. The highest BCUT2D eigenvalue weighted by molar-refractivity contribution is 5.95. The average Bonchev–Trinajstić information content (AvgIpc) is 2.52. The van der Waals surface area contributed by atoms with Crippen molar-refractivity contribution in [2.75, 3.05) is 26.8 Å². The van der Waals surface area contributed by atoms with Crippen LogP contribution in [0.5, 0.6) is 11.5 Å². The maximum Gasteiger partial charge on any atom is 0.253 e. The minimum atomic E-state index is 0.0283. The number of carbonyl (C=O) groups excluding carboxylic acids is 1. The van der Waals surface area contributed by atoms with Crippen LogP contribution >= 0.6 is 0 Å². The minimum absolute atomic E-state index is 0.0283. The largest absolute Gasteiger partial charge is 0.493 e. The van der Waals surface area contributed by atoms with Gasteiger partial charge in [0.05, 0.1) is 13.7 Å². The van der Waals surface area contributed by atoms with Crippen LogP contribution in [0.3, 0.4) is 0 Å². The van der Waals surface area contributed by atoms with Gasteiger partial charge in [-0.3, -0.25) is 4.79 Å². The van der Waals surface area contributed by atoms with Gasteiger partial charge in [-0.1, -0.05) is 13.8 Å². The molecule has 0 saturated carbocycles. The van der Waals surface area contributed by atoms with Gasteiger partial charge in [0.2, 0.25) is 0 Å². The number of hydrogen-bond donors (Lipinski definition) is 1. The number of rotatable bonds is 5. The van der Waals surface area contributed by atoms with Gasteiger partial charge in [-0.05, 0) is 37.0 Å². The Bertz CT molecular complexity index is 509. The van der Waals surface area contributed by atoms with E-state index >= 15 is 0 Å². The van der Waals surface area contributed by atoms with E-state index in [2.05, 4.69) is 13.8 Å². The maximum atomic E-state index is 12.5. The van der Waals surface area contributed by atoms with Crippen LogP contribution in [0.2, 0.25) is 0 Å². The molecule has 0 spiro atoms. The molecule has 0 bridgehead atoms. The van der Waals surface area contributed by atoms with Crippen LogP contribution in [0.1, 0.15) is 37.0 Å². The summed E-state index contributed by atoms with van der Waals surface area (Å²) in [6, 6.07) is 5.58. The van der Waals surface area contributed by atoms with Crippen molar-refractivity contribution in [3.8, 4) is 11.5 Å². The van der Waals surface area contributed by atoms with Crippen molar-refractivity contribution in [2.24, 2.45) is 11.7 Å². The molecule has 0 aliphatic carbocycles. The van der Waals surface area contributed by atoms with Crippen LogP contribution in [0.15, 0.2) is 18.2 Å².